The largest absolute Gasteiger partial charge is 0.341 e. The van der Waals surface area contributed by atoms with Crippen LogP contribution in [0.1, 0.15) is 34.1 Å². The van der Waals surface area contributed by atoms with E-state index in [1.165, 1.54) is 0 Å². The fraction of sp³-hybridized carbons (Fsp3) is 0.750. The summed E-state index contributed by atoms with van der Waals surface area (Å²) in [5.41, 5.74) is 0.127. The second-order valence-electron chi connectivity index (χ2n) is 3.03. The molecule has 0 aliphatic heterocycles. The van der Waals surface area contributed by atoms with E-state index in [4.69, 9.17) is 0 Å². The van der Waals surface area contributed by atoms with Crippen LogP contribution < -0.4 is 5.32 Å². The molecule has 0 saturated heterocycles. The van der Waals surface area contributed by atoms with Crippen molar-refractivity contribution in [2.75, 3.05) is 0 Å². The normalized spacial score (nSPS) is 9.78. The maximum atomic E-state index is 3.06. The van der Waals surface area contributed by atoms with Gasteiger partial charge in [0.1, 0.15) is 0 Å². The van der Waals surface area contributed by atoms with Gasteiger partial charge >= 0.3 is 0 Å². The van der Waals surface area contributed by atoms with E-state index in [0.717, 1.165) is 6.42 Å². The van der Waals surface area contributed by atoms with E-state index in [1.54, 1.807) is 0 Å². The molecule has 0 radical (unpaired) electrons. The van der Waals surface area contributed by atoms with Gasteiger partial charge in [0, 0.05) is 18.0 Å². The fourth-order valence-corrected chi connectivity index (χ4v) is 0.320. The predicted molar refractivity (Wildman–Crippen MR) is 41.0 cm³/mol. The highest BCUT2D eigenvalue weighted by Crippen LogP contribution is 1.95. The van der Waals surface area contributed by atoms with Gasteiger partial charge in [-0.3, -0.25) is 0 Å². The number of rotatable bonds is 0. The maximum Gasteiger partial charge on any atom is 0.0365 e. The molecule has 0 aromatic heterocycles. The molecule has 52 valence electrons. The van der Waals surface area contributed by atoms with Gasteiger partial charge < -0.3 is 5.32 Å². The molecule has 0 aliphatic rings. The van der Waals surface area contributed by atoms with Crippen molar-refractivity contribution in [3.8, 4) is 12.0 Å². The summed E-state index contributed by atoms with van der Waals surface area (Å²) in [5, 5.41) is 3.06. The molecular weight excluding hydrogens is 110 g/mol. The van der Waals surface area contributed by atoms with Gasteiger partial charge in [-0.2, -0.15) is 0 Å². The van der Waals surface area contributed by atoms with Crippen molar-refractivity contribution in [3.63, 3.8) is 0 Å². The van der Waals surface area contributed by atoms with Gasteiger partial charge in [-0.25, -0.2) is 0 Å². The Morgan fingerprint density at radius 3 is 2.22 bits per heavy atom. The fourth-order valence-electron chi connectivity index (χ4n) is 0.320. The van der Waals surface area contributed by atoms with E-state index >= 15 is 0 Å². The van der Waals surface area contributed by atoms with Crippen LogP contribution in [0.25, 0.3) is 0 Å². The second kappa shape index (κ2) is 3.40. The Morgan fingerprint density at radius 1 is 1.33 bits per heavy atom. The van der Waals surface area contributed by atoms with E-state index in [1.807, 2.05) is 6.92 Å². The molecule has 9 heavy (non-hydrogen) atoms. The number of nitrogens with one attached hydrogen (secondary N) is 1. The summed E-state index contributed by atoms with van der Waals surface area (Å²) in [4.78, 5) is 0. The molecule has 0 amide bonds. The zero-order valence-electron chi connectivity index (χ0n) is 6.71. The van der Waals surface area contributed by atoms with Crippen molar-refractivity contribution in [2.24, 2.45) is 0 Å². The first kappa shape index (κ1) is 8.36. The van der Waals surface area contributed by atoms with Crippen LogP contribution in [-0.2, 0) is 0 Å². The SMILES string of the molecule is CCC#CNC(C)(C)C. The Hall–Kier alpha value is -0.640. The van der Waals surface area contributed by atoms with Crippen molar-refractivity contribution in [1.82, 2.24) is 5.32 Å². The smallest absolute Gasteiger partial charge is 0.0365 e. The highest BCUT2D eigenvalue weighted by atomic mass is 14.9. The first-order chi connectivity index (χ1) is 4.06. The molecule has 0 unspecified atom stereocenters. The molecule has 1 N–H and O–H groups in total. The molecule has 0 aromatic carbocycles. The molecule has 1 nitrogen and oxygen atoms in total. The monoisotopic (exact) mass is 125 g/mol. The van der Waals surface area contributed by atoms with Crippen LogP contribution in [0.3, 0.4) is 0 Å². The molecule has 0 fully saturated rings. The highest BCUT2D eigenvalue weighted by Gasteiger charge is 2.04. The van der Waals surface area contributed by atoms with E-state index in [0.29, 0.717) is 0 Å². The molecule has 0 bridgehead atoms. The van der Waals surface area contributed by atoms with Gasteiger partial charge in [-0.15, -0.1) is 0 Å². The van der Waals surface area contributed by atoms with Crippen LogP contribution in [0, 0.1) is 12.0 Å². The third kappa shape index (κ3) is 7.36. The summed E-state index contributed by atoms with van der Waals surface area (Å²) in [5.74, 6) is 2.94. The maximum absolute atomic E-state index is 3.06. The van der Waals surface area contributed by atoms with Gasteiger partial charge in [-0.05, 0) is 20.8 Å². The Bertz CT molecular complexity index is 120. The minimum Gasteiger partial charge on any atom is -0.341 e. The van der Waals surface area contributed by atoms with Crippen LogP contribution in [-0.4, -0.2) is 5.54 Å². The Labute approximate surface area is 57.8 Å². The first-order valence-electron chi connectivity index (χ1n) is 3.31. The summed E-state index contributed by atoms with van der Waals surface area (Å²) in [7, 11) is 0. The van der Waals surface area contributed by atoms with Gasteiger partial charge in [0.15, 0.2) is 0 Å². The predicted octanol–water partition coefficient (Wildman–Crippen LogP) is 1.75. The third-order valence-electron chi connectivity index (χ3n) is 0.703. The second-order valence-corrected chi connectivity index (χ2v) is 3.03. The van der Waals surface area contributed by atoms with Crippen LogP contribution >= 0.6 is 0 Å². The van der Waals surface area contributed by atoms with E-state index in [-0.39, 0.29) is 5.54 Å². The Morgan fingerprint density at radius 2 is 1.89 bits per heavy atom. The van der Waals surface area contributed by atoms with Crippen LogP contribution in [0.2, 0.25) is 0 Å². The summed E-state index contributed by atoms with van der Waals surface area (Å²) < 4.78 is 0. The van der Waals surface area contributed by atoms with Crippen molar-refractivity contribution in [2.45, 2.75) is 39.7 Å². The summed E-state index contributed by atoms with van der Waals surface area (Å²) >= 11 is 0. The lowest BCUT2D eigenvalue weighted by Gasteiger charge is -2.15. The molecule has 0 atom stereocenters. The van der Waals surface area contributed by atoms with E-state index < -0.39 is 0 Å². The van der Waals surface area contributed by atoms with Gasteiger partial charge in [0.2, 0.25) is 0 Å². The zero-order chi connectivity index (χ0) is 7.33. The number of hydrogen-bond acceptors (Lipinski definition) is 1. The Balaban J connectivity index is 3.50. The van der Waals surface area contributed by atoms with Crippen molar-refractivity contribution in [3.05, 3.63) is 0 Å². The molecule has 0 aromatic rings. The molecule has 1 heteroatoms. The zero-order valence-corrected chi connectivity index (χ0v) is 6.71. The van der Waals surface area contributed by atoms with Crippen molar-refractivity contribution in [1.29, 1.82) is 0 Å². The minimum atomic E-state index is 0.127. The average Bonchev–Trinajstić information content (AvgIpc) is 1.63. The molecule has 0 spiro atoms. The summed E-state index contributed by atoms with van der Waals surface area (Å²) in [6.45, 7) is 8.32. The molecular formula is C8H15N. The molecule has 0 rings (SSSR count). The summed E-state index contributed by atoms with van der Waals surface area (Å²) in [6.07, 6.45) is 0.920. The van der Waals surface area contributed by atoms with E-state index in [2.05, 4.69) is 38.1 Å². The van der Waals surface area contributed by atoms with Crippen LogP contribution in [0.5, 0.6) is 0 Å². The lowest BCUT2D eigenvalue weighted by Crippen LogP contribution is -2.31. The highest BCUT2D eigenvalue weighted by molar-refractivity contribution is 4.98. The van der Waals surface area contributed by atoms with Crippen molar-refractivity contribution < 1.29 is 0 Å². The van der Waals surface area contributed by atoms with Crippen molar-refractivity contribution >= 4 is 0 Å². The minimum absolute atomic E-state index is 0.127. The topological polar surface area (TPSA) is 12.0 Å². The third-order valence-corrected chi connectivity index (χ3v) is 0.703. The molecule has 0 heterocycles. The molecule has 0 aliphatic carbocycles. The molecule has 0 saturated carbocycles. The average molecular weight is 125 g/mol. The van der Waals surface area contributed by atoms with Gasteiger partial charge in [-0.1, -0.05) is 12.8 Å². The lowest BCUT2D eigenvalue weighted by molar-refractivity contribution is 0.502. The van der Waals surface area contributed by atoms with Crippen LogP contribution in [0.15, 0.2) is 0 Å². The number of hydrogen-bond donors (Lipinski definition) is 1. The standard InChI is InChI=1S/C8H15N/c1-5-6-7-9-8(2,3)4/h9H,5H2,1-4H3. The van der Waals surface area contributed by atoms with Gasteiger partial charge in [0.05, 0.1) is 0 Å². The van der Waals surface area contributed by atoms with E-state index in [9.17, 15) is 0 Å². The Kier molecular flexibility index (Phi) is 3.16. The van der Waals surface area contributed by atoms with Gasteiger partial charge in [0.25, 0.3) is 0 Å². The first-order valence-corrected chi connectivity index (χ1v) is 3.31. The lowest BCUT2D eigenvalue weighted by atomic mass is 10.1. The quantitative estimate of drug-likeness (QED) is 0.384. The summed E-state index contributed by atoms with van der Waals surface area (Å²) in [6, 6.07) is 2.88. The van der Waals surface area contributed by atoms with Crippen LogP contribution in [0.4, 0.5) is 0 Å².